The maximum absolute atomic E-state index is 4.47. The molecule has 0 bridgehead atoms. The van der Waals surface area contributed by atoms with Crippen LogP contribution >= 0.6 is 15.9 Å². The fraction of sp³-hybridized carbons (Fsp3) is 0.462. The molecule has 0 aliphatic heterocycles. The molecule has 1 atom stereocenters. The maximum atomic E-state index is 4.47. The predicted octanol–water partition coefficient (Wildman–Crippen LogP) is 2.26. The van der Waals surface area contributed by atoms with Gasteiger partial charge in [-0.25, -0.2) is 4.98 Å². The molecule has 19 heavy (non-hydrogen) atoms. The Kier molecular flexibility index (Phi) is 5.04. The standard InChI is InChI=1S/C13H18BrN5/c1-3-6-15-11(8-12-17-9-18-19(12)2)13-10(14)5-4-7-16-13/h4-5,7,9,11,15H,3,6,8H2,1-2H3. The van der Waals surface area contributed by atoms with Gasteiger partial charge in [0, 0.05) is 24.1 Å². The summed E-state index contributed by atoms with van der Waals surface area (Å²) in [6.45, 7) is 3.10. The third kappa shape index (κ3) is 3.61. The number of rotatable bonds is 6. The van der Waals surface area contributed by atoms with E-state index in [0.29, 0.717) is 0 Å². The van der Waals surface area contributed by atoms with Crippen molar-refractivity contribution >= 4 is 15.9 Å². The van der Waals surface area contributed by atoms with Gasteiger partial charge in [-0.2, -0.15) is 5.10 Å². The number of pyridine rings is 1. The lowest BCUT2D eigenvalue weighted by Crippen LogP contribution is -2.26. The zero-order chi connectivity index (χ0) is 13.7. The normalized spacial score (nSPS) is 12.6. The lowest BCUT2D eigenvalue weighted by molar-refractivity contribution is 0.495. The third-order valence-electron chi connectivity index (χ3n) is 2.95. The number of hydrogen-bond acceptors (Lipinski definition) is 4. The van der Waals surface area contributed by atoms with Crippen molar-refractivity contribution in [1.29, 1.82) is 0 Å². The Morgan fingerprint density at radius 2 is 2.26 bits per heavy atom. The van der Waals surface area contributed by atoms with Crippen molar-refractivity contribution in [3.8, 4) is 0 Å². The average molecular weight is 324 g/mol. The molecule has 0 spiro atoms. The first kappa shape index (κ1) is 14.1. The van der Waals surface area contributed by atoms with Crippen LogP contribution in [0, 0.1) is 0 Å². The van der Waals surface area contributed by atoms with Gasteiger partial charge in [-0.05, 0) is 41.0 Å². The molecule has 5 nitrogen and oxygen atoms in total. The quantitative estimate of drug-likeness (QED) is 0.885. The SMILES string of the molecule is CCCNC(Cc1ncnn1C)c1ncccc1Br. The fourth-order valence-electron chi connectivity index (χ4n) is 1.93. The lowest BCUT2D eigenvalue weighted by Gasteiger charge is -2.18. The van der Waals surface area contributed by atoms with Gasteiger partial charge in [0.1, 0.15) is 12.2 Å². The monoisotopic (exact) mass is 323 g/mol. The van der Waals surface area contributed by atoms with Crippen LogP contribution in [0.4, 0.5) is 0 Å². The van der Waals surface area contributed by atoms with Crippen molar-refractivity contribution in [2.24, 2.45) is 7.05 Å². The number of aryl methyl sites for hydroxylation is 1. The number of nitrogens with zero attached hydrogens (tertiary/aromatic N) is 4. The smallest absolute Gasteiger partial charge is 0.138 e. The fourth-order valence-corrected chi connectivity index (χ4v) is 2.46. The second kappa shape index (κ2) is 6.77. The number of halogens is 1. The highest BCUT2D eigenvalue weighted by atomic mass is 79.9. The first-order chi connectivity index (χ1) is 9.22. The van der Waals surface area contributed by atoms with E-state index in [1.54, 1.807) is 11.0 Å². The highest BCUT2D eigenvalue weighted by molar-refractivity contribution is 9.10. The Labute approximate surface area is 121 Å². The molecule has 2 heterocycles. The molecule has 0 saturated heterocycles. The summed E-state index contributed by atoms with van der Waals surface area (Å²) in [5, 5.41) is 7.63. The molecule has 0 aliphatic carbocycles. The second-order valence-electron chi connectivity index (χ2n) is 4.38. The first-order valence-electron chi connectivity index (χ1n) is 6.39. The van der Waals surface area contributed by atoms with Crippen molar-refractivity contribution in [3.63, 3.8) is 0 Å². The molecule has 102 valence electrons. The van der Waals surface area contributed by atoms with Crippen LogP contribution in [0.3, 0.4) is 0 Å². The molecule has 0 amide bonds. The molecule has 0 radical (unpaired) electrons. The van der Waals surface area contributed by atoms with Crippen molar-refractivity contribution in [1.82, 2.24) is 25.1 Å². The molecular weight excluding hydrogens is 306 g/mol. The zero-order valence-electron chi connectivity index (χ0n) is 11.2. The van der Waals surface area contributed by atoms with Gasteiger partial charge in [0.05, 0.1) is 11.7 Å². The van der Waals surface area contributed by atoms with E-state index in [9.17, 15) is 0 Å². The van der Waals surface area contributed by atoms with Crippen molar-refractivity contribution in [3.05, 3.63) is 40.6 Å². The van der Waals surface area contributed by atoms with Gasteiger partial charge in [-0.3, -0.25) is 9.67 Å². The van der Waals surface area contributed by atoms with E-state index < -0.39 is 0 Å². The Hall–Kier alpha value is -1.27. The molecule has 0 aliphatic rings. The van der Waals surface area contributed by atoms with Crippen LogP contribution in [0.5, 0.6) is 0 Å². The van der Waals surface area contributed by atoms with E-state index >= 15 is 0 Å². The minimum Gasteiger partial charge on any atom is -0.308 e. The lowest BCUT2D eigenvalue weighted by atomic mass is 10.1. The summed E-state index contributed by atoms with van der Waals surface area (Å²) in [5.74, 6) is 0.950. The van der Waals surface area contributed by atoms with E-state index in [-0.39, 0.29) is 6.04 Å². The molecule has 0 fully saturated rings. The summed E-state index contributed by atoms with van der Waals surface area (Å²) in [6, 6.07) is 4.07. The predicted molar refractivity (Wildman–Crippen MR) is 77.7 cm³/mol. The van der Waals surface area contributed by atoms with E-state index in [0.717, 1.165) is 35.4 Å². The van der Waals surface area contributed by atoms with Gasteiger partial charge in [0.2, 0.25) is 0 Å². The Balaban J connectivity index is 2.21. The first-order valence-corrected chi connectivity index (χ1v) is 7.18. The molecule has 2 aromatic rings. The zero-order valence-corrected chi connectivity index (χ0v) is 12.8. The topological polar surface area (TPSA) is 55.6 Å². The molecule has 0 saturated carbocycles. The summed E-state index contributed by atoms with van der Waals surface area (Å²) >= 11 is 3.57. The molecule has 2 rings (SSSR count). The van der Waals surface area contributed by atoms with Gasteiger partial charge in [0.15, 0.2) is 0 Å². The Morgan fingerprint density at radius 1 is 1.42 bits per heavy atom. The second-order valence-corrected chi connectivity index (χ2v) is 5.24. The maximum Gasteiger partial charge on any atom is 0.138 e. The highest BCUT2D eigenvalue weighted by Gasteiger charge is 2.18. The summed E-state index contributed by atoms with van der Waals surface area (Å²) in [5.41, 5.74) is 1.01. The Bertz CT molecular complexity index is 525. The van der Waals surface area contributed by atoms with E-state index in [4.69, 9.17) is 0 Å². The van der Waals surface area contributed by atoms with Gasteiger partial charge >= 0.3 is 0 Å². The molecular formula is C13H18BrN5. The highest BCUT2D eigenvalue weighted by Crippen LogP contribution is 2.23. The molecule has 0 aromatic carbocycles. The van der Waals surface area contributed by atoms with E-state index in [1.165, 1.54) is 0 Å². The van der Waals surface area contributed by atoms with Gasteiger partial charge in [-0.15, -0.1) is 0 Å². The third-order valence-corrected chi connectivity index (χ3v) is 3.62. The number of nitrogens with one attached hydrogen (secondary N) is 1. The van der Waals surface area contributed by atoms with Crippen LogP contribution in [-0.4, -0.2) is 26.3 Å². The summed E-state index contributed by atoms with van der Waals surface area (Å²) < 4.78 is 2.82. The average Bonchev–Trinajstić information content (AvgIpc) is 2.81. The summed E-state index contributed by atoms with van der Waals surface area (Å²) in [6.07, 6.45) is 5.25. The van der Waals surface area contributed by atoms with Crippen molar-refractivity contribution < 1.29 is 0 Å². The van der Waals surface area contributed by atoms with Gasteiger partial charge in [0.25, 0.3) is 0 Å². The molecule has 1 N–H and O–H groups in total. The molecule has 1 unspecified atom stereocenters. The van der Waals surface area contributed by atoms with Crippen LogP contribution in [0.2, 0.25) is 0 Å². The van der Waals surface area contributed by atoms with E-state index in [1.807, 2.05) is 25.4 Å². The summed E-state index contributed by atoms with van der Waals surface area (Å²) in [4.78, 5) is 8.76. The summed E-state index contributed by atoms with van der Waals surface area (Å²) in [7, 11) is 1.91. The number of aromatic nitrogens is 4. The van der Waals surface area contributed by atoms with E-state index in [2.05, 4.69) is 43.2 Å². The van der Waals surface area contributed by atoms with Crippen molar-refractivity contribution in [2.75, 3.05) is 6.54 Å². The Morgan fingerprint density at radius 3 is 2.89 bits per heavy atom. The van der Waals surface area contributed by atoms with Gasteiger partial charge < -0.3 is 5.32 Å². The minimum absolute atomic E-state index is 0.137. The van der Waals surface area contributed by atoms with Crippen LogP contribution in [-0.2, 0) is 13.5 Å². The van der Waals surface area contributed by atoms with Crippen LogP contribution in [0.1, 0.15) is 30.9 Å². The van der Waals surface area contributed by atoms with Crippen molar-refractivity contribution in [2.45, 2.75) is 25.8 Å². The van der Waals surface area contributed by atoms with Crippen LogP contribution in [0.25, 0.3) is 0 Å². The minimum atomic E-state index is 0.137. The van der Waals surface area contributed by atoms with Crippen LogP contribution in [0.15, 0.2) is 29.1 Å². The number of hydrogen-bond donors (Lipinski definition) is 1. The van der Waals surface area contributed by atoms with Crippen LogP contribution < -0.4 is 5.32 Å². The molecule has 2 aromatic heterocycles. The largest absolute Gasteiger partial charge is 0.308 e. The van der Waals surface area contributed by atoms with Gasteiger partial charge in [-0.1, -0.05) is 6.92 Å². The molecule has 6 heteroatoms.